The Morgan fingerprint density at radius 1 is 1.02 bits per heavy atom. The van der Waals surface area contributed by atoms with Crippen molar-refractivity contribution in [2.45, 2.75) is 44.2 Å². The summed E-state index contributed by atoms with van der Waals surface area (Å²) in [7, 11) is 1.78. The first kappa shape index (κ1) is 26.4. The van der Waals surface area contributed by atoms with E-state index in [4.69, 9.17) is 19.4 Å². The number of aliphatic hydroxyl groups excluding tert-OH is 1. The summed E-state index contributed by atoms with van der Waals surface area (Å²) >= 11 is 0. The molecule has 4 aromatic rings. The van der Waals surface area contributed by atoms with E-state index >= 15 is 0 Å². The smallest absolute Gasteiger partial charge is 0.275 e. The van der Waals surface area contributed by atoms with E-state index in [0.717, 1.165) is 34.3 Å². The molecule has 216 valence electrons. The number of hydrogen-bond acceptors (Lipinski definition) is 8. The summed E-state index contributed by atoms with van der Waals surface area (Å²) in [5, 5.41) is 11.6. The molecule has 3 fully saturated rings. The molecule has 1 aromatic carbocycles. The summed E-state index contributed by atoms with van der Waals surface area (Å²) in [4.78, 5) is 28.0. The normalized spacial score (nSPS) is 22.6. The molecule has 41 heavy (non-hydrogen) atoms. The molecule has 3 aromatic heterocycles. The number of morpholine rings is 2. The maximum atomic E-state index is 13.1. The molecule has 2 atom stereocenters. The maximum Gasteiger partial charge on any atom is 0.275 e. The molecule has 0 radical (unpaired) electrons. The Hall–Kier alpha value is -3.47. The highest BCUT2D eigenvalue weighted by atomic mass is 16.5. The molecule has 10 nitrogen and oxygen atoms in total. The lowest BCUT2D eigenvalue weighted by Gasteiger charge is -2.43. The van der Waals surface area contributed by atoms with Crippen LogP contribution in [0, 0.1) is 5.92 Å². The van der Waals surface area contributed by atoms with Crippen molar-refractivity contribution in [1.29, 1.82) is 0 Å². The fourth-order valence-corrected chi connectivity index (χ4v) is 6.86. The third-order valence-corrected chi connectivity index (χ3v) is 9.10. The number of hydrogen-bond donors (Lipinski definition) is 1. The molecular formula is C31H38N6O4. The molecule has 1 aliphatic carbocycles. The molecule has 2 saturated heterocycles. The van der Waals surface area contributed by atoms with E-state index in [2.05, 4.69) is 15.9 Å². The second kappa shape index (κ2) is 11.1. The lowest BCUT2D eigenvalue weighted by Crippen LogP contribution is -2.51. The SMILES string of the molecule is Cn1ccc2ccn(-c3ccc4nc(N5CCO[C@H](CO)C5)nc(N5CCOC[C@@H]5C5CCCCC5)c4c3)c2c1=O. The molecule has 3 aliphatic rings. The Labute approximate surface area is 239 Å². The second-order valence-electron chi connectivity index (χ2n) is 11.6. The molecule has 0 unspecified atom stereocenters. The monoisotopic (exact) mass is 558 g/mol. The first-order valence-electron chi connectivity index (χ1n) is 14.9. The summed E-state index contributed by atoms with van der Waals surface area (Å²) in [6.07, 6.45) is 9.78. The van der Waals surface area contributed by atoms with Crippen LogP contribution in [0.1, 0.15) is 32.1 Å². The van der Waals surface area contributed by atoms with Gasteiger partial charge in [0, 0.05) is 55.5 Å². The Morgan fingerprint density at radius 2 is 1.88 bits per heavy atom. The van der Waals surface area contributed by atoms with E-state index in [-0.39, 0.29) is 24.3 Å². The Bertz CT molecular complexity index is 1610. The fraction of sp³-hybridized carbons (Fsp3) is 0.516. The van der Waals surface area contributed by atoms with Gasteiger partial charge in [-0.05, 0) is 49.1 Å². The first-order valence-corrected chi connectivity index (χ1v) is 14.9. The lowest BCUT2D eigenvalue weighted by molar-refractivity contribution is 0.00315. The molecule has 2 aliphatic heterocycles. The summed E-state index contributed by atoms with van der Waals surface area (Å²) in [6, 6.07) is 10.4. The number of anilines is 2. The average molecular weight is 559 g/mol. The van der Waals surface area contributed by atoms with Crippen LogP contribution in [-0.4, -0.2) is 82.4 Å². The zero-order chi connectivity index (χ0) is 27.9. The van der Waals surface area contributed by atoms with Crippen molar-refractivity contribution in [3.63, 3.8) is 0 Å². The van der Waals surface area contributed by atoms with Crippen LogP contribution in [0.4, 0.5) is 11.8 Å². The summed E-state index contributed by atoms with van der Waals surface area (Å²) in [5.74, 6) is 2.15. The topological polar surface area (TPSA) is 97.9 Å². The highest BCUT2D eigenvalue weighted by molar-refractivity contribution is 5.93. The fourth-order valence-electron chi connectivity index (χ4n) is 6.86. The third-order valence-electron chi connectivity index (χ3n) is 9.10. The predicted molar refractivity (Wildman–Crippen MR) is 159 cm³/mol. The number of ether oxygens (including phenoxy) is 2. The van der Waals surface area contributed by atoms with Gasteiger partial charge in [-0.1, -0.05) is 19.3 Å². The van der Waals surface area contributed by atoms with Gasteiger partial charge in [-0.2, -0.15) is 4.98 Å². The number of fused-ring (bicyclic) bond motifs is 2. The summed E-state index contributed by atoms with van der Waals surface area (Å²) in [5.41, 5.74) is 2.39. The minimum Gasteiger partial charge on any atom is -0.394 e. The minimum absolute atomic E-state index is 0.0300. The van der Waals surface area contributed by atoms with Crippen molar-refractivity contribution in [3.05, 3.63) is 53.1 Å². The van der Waals surface area contributed by atoms with Crippen molar-refractivity contribution in [2.24, 2.45) is 13.0 Å². The standard InChI is InChI=1S/C31H38N6O4/c1-34-11-9-22-10-12-36(28(22)30(34)39)23-7-8-26-25(17-23)29(33-31(32-26)35-13-16-41-24(18-35)19-38)37-14-15-40-20-27(37)21-5-3-2-4-6-21/h7-12,17,21,24,27,38H,2-6,13-16,18-20H2,1H3/t24-,27+/m0/s1. The first-order chi connectivity index (χ1) is 20.1. The maximum absolute atomic E-state index is 13.1. The quantitative estimate of drug-likeness (QED) is 0.399. The number of nitrogens with zero attached hydrogens (tertiary/aromatic N) is 6. The van der Waals surface area contributed by atoms with E-state index in [1.165, 1.54) is 32.1 Å². The van der Waals surface area contributed by atoms with Gasteiger partial charge in [-0.25, -0.2) is 4.98 Å². The van der Waals surface area contributed by atoms with Crippen LogP contribution >= 0.6 is 0 Å². The number of rotatable bonds is 5. The van der Waals surface area contributed by atoms with Crippen molar-refractivity contribution >= 4 is 33.6 Å². The minimum atomic E-state index is -0.253. The number of pyridine rings is 1. The Balaban J connectivity index is 1.38. The summed E-state index contributed by atoms with van der Waals surface area (Å²) in [6.45, 7) is 3.85. The molecule has 0 spiro atoms. The molecule has 1 saturated carbocycles. The molecule has 1 N–H and O–H groups in total. The van der Waals surface area contributed by atoms with Gasteiger partial charge in [0.05, 0.1) is 44.1 Å². The van der Waals surface area contributed by atoms with E-state index in [0.29, 0.717) is 50.3 Å². The number of aliphatic hydroxyl groups is 1. The van der Waals surface area contributed by atoms with Crippen LogP contribution in [0.25, 0.3) is 27.5 Å². The van der Waals surface area contributed by atoms with E-state index < -0.39 is 0 Å². The van der Waals surface area contributed by atoms with E-state index in [1.54, 1.807) is 17.8 Å². The Kier molecular flexibility index (Phi) is 7.14. The lowest BCUT2D eigenvalue weighted by atomic mass is 9.83. The van der Waals surface area contributed by atoms with Gasteiger partial charge in [0.2, 0.25) is 5.95 Å². The molecule has 5 heterocycles. The zero-order valence-corrected chi connectivity index (χ0v) is 23.6. The molecule has 0 amide bonds. The van der Waals surface area contributed by atoms with E-state index in [9.17, 15) is 9.90 Å². The van der Waals surface area contributed by atoms with Crippen molar-refractivity contribution in [1.82, 2.24) is 19.1 Å². The van der Waals surface area contributed by atoms with Crippen molar-refractivity contribution in [2.75, 3.05) is 55.9 Å². The van der Waals surface area contributed by atoms with Gasteiger partial charge < -0.3 is 33.5 Å². The molecule has 10 heteroatoms. The van der Waals surface area contributed by atoms with Crippen LogP contribution < -0.4 is 15.4 Å². The summed E-state index contributed by atoms with van der Waals surface area (Å²) < 4.78 is 15.4. The van der Waals surface area contributed by atoms with Gasteiger partial charge in [0.1, 0.15) is 11.3 Å². The van der Waals surface area contributed by atoms with Gasteiger partial charge in [0.25, 0.3) is 5.56 Å². The van der Waals surface area contributed by atoms with Crippen LogP contribution in [-0.2, 0) is 16.5 Å². The molecule has 7 rings (SSSR count). The van der Waals surface area contributed by atoms with E-state index in [1.807, 2.05) is 35.0 Å². The van der Waals surface area contributed by atoms with Crippen LogP contribution in [0.2, 0.25) is 0 Å². The molecular weight excluding hydrogens is 520 g/mol. The number of benzene rings is 1. The average Bonchev–Trinajstić information content (AvgIpc) is 3.47. The van der Waals surface area contributed by atoms with Gasteiger partial charge in [-0.15, -0.1) is 0 Å². The van der Waals surface area contributed by atoms with Crippen molar-refractivity contribution < 1.29 is 14.6 Å². The highest BCUT2D eigenvalue weighted by Gasteiger charge is 2.34. The van der Waals surface area contributed by atoms with Gasteiger partial charge in [0.15, 0.2) is 0 Å². The van der Waals surface area contributed by atoms with Gasteiger partial charge >= 0.3 is 0 Å². The highest BCUT2D eigenvalue weighted by Crippen LogP contribution is 2.36. The van der Waals surface area contributed by atoms with Gasteiger partial charge in [-0.3, -0.25) is 4.79 Å². The van der Waals surface area contributed by atoms with Crippen molar-refractivity contribution in [3.8, 4) is 5.69 Å². The number of aryl methyl sites for hydroxylation is 1. The number of aromatic nitrogens is 4. The predicted octanol–water partition coefficient (Wildman–Crippen LogP) is 3.26. The zero-order valence-electron chi connectivity index (χ0n) is 23.6. The van der Waals surface area contributed by atoms with Crippen LogP contribution in [0.3, 0.4) is 0 Å². The molecule has 0 bridgehead atoms. The largest absolute Gasteiger partial charge is 0.394 e. The third kappa shape index (κ3) is 4.87. The van der Waals surface area contributed by atoms with Crippen LogP contribution in [0.15, 0.2) is 47.5 Å². The second-order valence-corrected chi connectivity index (χ2v) is 11.6. The van der Waals surface area contributed by atoms with Crippen LogP contribution in [0.5, 0.6) is 0 Å². The Morgan fingerprint density at radius 3 is 2.73 bits per heavy atom.